The molecule has 1 heterocycles. The van der Waals surface area contributed by atoms with E-state index >= 15 is 0 Å². The molecule has 0 saturated carbocycles. The van der Waals surface area contributed by atoms with E-state index in [0.717, 1.165) is 11.3 Å². The van der Waals surface area contributed by atoms with Crippen molar-refractivity contribution in [3.05, 3.63) is 59.2 Å². The van der Waals surface area contributed by atoms with Crippen molar-refractivity contribution < 1.29 is 22.7 Å². The lowest BCUT2D eigenvalue weighted by atomic mass is 9.93. The van der Waals surface area contributed by atoms with Gasteiger partial charge in [0.15, 0.2) is 0 Å². The number of methoxy groups -OCH3 is 1. The van der Waals surface area contributed by atoms with Crippen molar-refractivity contribution in [3.8, 4) is 11.5 Å². The van der Waals surface area contributed by atoms with E-state index < -0.39 is 15.4 Å². The molecule has 0 aliphatic carbocycles. The third-order valence-electron chi connectivity index (χ3n) is 4.76. The molecule has 8 nitrogen and oxygen atoms in total. The molecular formula is C21H25N3O5S. The number of nitrogens with two attached hydrogens (primary N) is 1. The predicted molar refractivity (Wildman–Crippen MR) is 114 cm³/mol. The number of hydrogen-bond acceptors (Lipinski definition) is 6. The van der Waals surface area contributed by atoms with Gasteiger partial charge in [-0.05, 0) is 43.2 Å². The van der Waals surface area contributed by atoms with Crippen molar-refractivity contribution in [3.63, 3.8) is 0 Å². The first kappa shape index (κ1) is 21.6. The van der Waals surface area contributed by atoms with Crippen molar-refractivity contribution in [1.29, 1.82) is 0 Å². The molecule has 0 aromatic heterocycles. The second-order valence-electron chi connectivity index (χ2n) is 7.70. The Kier molecular flexibility index (Phi) is 6.02. The van der Waals surface area contributed by atoms with E-state index in [1.54, 1.807) is 39.2 Å². The Labute approximate surface area is 176 Å². The quantitative estimate of drug-likeness (QED) is 0.692. The van der Waals surface area contributed by atoms with Gasteiger partial charge in [0.2, 0.25) is 5.91 Å². The molecule has 0 atom stereocenters. The summed E-state index contributed by atoms with van der Waals surface area (Å²) in [7, 11) is -2.02. The largest absolute Gasteiger partial charge is 0.497 e. The minimum absolute atomic E-state index is 0.0813. The molecule has 0 radical (unpaired) electrons. The fourth-order valence-corrected chi connectivity index (χ4v) is 4.11. The molecule has 0 unspecified atom stereocenters. The molecule has 160 valence electrons. The van der Waals surface area contributed by atoms with Crippen LogP contribution in [0.5, 0.6) is 11.5 Å². The molecule has 2 aromatic rings. The average Bonchev–Trinajstić information content (AvgIpc) is 2.69. The summed E-state index contributed by atoms with van der Waals surface area (Å²) < 4.78 is 38.2. The van der Waals surface area contributed by atoms with Crippen LogP contribution in [0, 0.1) is 5.41 Å². The SMILES string of the molecule is COc1ccc(CNC(=O)C(C)(C)COc2cccc3c2C(N)=NS(=O)(=O)C3)cc1. The molecule has 1 amide bonds. The number of ether oxygens (including phenoxy) is 2. The molecule has 2 aromatic carbocycles. The highest BCUT2D eigenvalue weighted by Gasteiger charge is 2.30. The standard InChI is InChI=1S/C21H25N3O5S/c1-21(2,20(25)23-11-14-7-9-16(28-3)10-8-14)13-29-17-6-4-5-15-12-30(26,27)24-19(22)18(15)17/h4-10H,11-13H2,1-3H3,(H2,22,24)(H,23,25). The number of amidine groups is 1. The van der Waals surface area contributed by atoms with E-state index in [4.69, 9.17) is 15.2 Å². The predicted octanol–water partition coefficient (Wildman–Crippen LogP) is 1.97. The Morgan fingerprint density at radius 1 is 1.20 bits per heavy atom. The average molecular weight is 432 g/mol. The van der Waals surface area contributed by atoms with Gasteiger partial charge in [-0.1, -0.05) is 24.3 Å². The molecule has 1 aliphatic rings. The summed E-state index contributed by atoms with van der Waals surface area (Å²) in [5.41, 5.74) is 6.96. The number of amides is 1. The Morgan fingerprint density at radius 2 is 1.90 bits per heavy atom. The number of hydrogen-bond donors (Lipinski definition) is 2. The van der Waals surface area contributed by atoms with E-state index in [0.29, 0.717) is 23.4 Å². The van der Waals surface area contributed by atoms with Gasteiger partial charge in [0.1, 0.15) is 23.9 Å². The van der Waals surface area contributed by atoms with Crippen LogP contribution in [0.1, 0.15) is 30.5 Å². The van der Waals surface area contributed by atoms with Gasteiger partial charge in [0, 0.05) is 6.54 Å². The number of benzene rings is 2. The number of sulfonamides is 1. The molecule has 0 bridgehead atoms. The molecule has 30 heavy (non-hydrogen) atoms. The highest BCUT2D eigenvalue weighted by molar-refractivity contribution is 7.89. The van der Waals surface area contributed by atoms with Gasteiger partial charge in [-0.3, -0.25) is 4.79 Å². The summed E-state index contributed by atoms with van der Waals surface area (Å²) in [5, 5.41) is 2.91. The fourth-order valence-electron chi connectivity index (χ4n) is 3.02. The maximum Gasteiger partial charge on any atom is 0.259 e. The molecule has 9 heteroatoms. The van der Waals surface area contributed by atoms with Gasteiger partial charge in [-0.25, -0.2) is 8.42 Å². The van der Waals surface area contributed by atoms with Crippen LogP contribution >= 0.6 is 0 Å². The van der Waals surface area contributed by atoms with E-state index in [1.807, 2.05) is 24.3 Å². The van der Waals surface area contributed by atoms with E-state index in [2.05, 4.69) is 9.71 Å². The van der Waals surface area contributed by atoms with Crippen molar-refractivity contribution in [2.75, 3.05) is 13.7 Å². The lowest BCUT2D eigenvalue weighted by molar-refractivity contribution is -0.131. The van der Waals surface area contributed by atoms with Crippen molar-refractivity contribution in [2.45, 2.75) is 26.1 Å². The summed E-state index contributed by atoms with van der Waals surface area (Å²) in [6.45, 7) is 4.00. The monoisotopic (exact) mass is 431 g/mol. The van der Waals surface area contributed by atoms with Crippen LogP contribution in [0.2, 0.25) is 0 Å². The zero-order chi connectivity index (χ0) is 21.9. The molecule has 1 aliphatic heterocycles. The van der Waals surface area contributed by atoms with E-state index in [9.17, 15) is 13.2 Å². The number of fused-ring (bicyclic) bond motifs is 1. The Hall–Kier alpha value is -3.07. The van der Waals surface area contributed by atoms with E-state index in [1.165, 1.54) is 0 Å². The molecule has 0 saturated heterocycles. The second-order valence-corrected chi connectivity index (χ2v) is 9.33. The van der Waals surface area contributed by atoms with Crippen LogP contribution in [0.4, 0.5) is 0 Å². The van der Waals surface area contributed by atoms with Crippen LogP contribution in [0.15, 0.2) is 46.9 Å². The van der Waals surface area contributed by atoms with Crippen molar-refractivity contribution >= 4 is 21.8 Å². The van der Waals surface area contributed by atoms with Gasteiger partial charge < -0.3 is 20.5 Å². The molecule has 3 N–H and O–H groups in total. The Bertz CT molecular complexity index is 1080. The third-order valence-corrected chi connectivity index (χ3v) is 5.91. The first-order valence-corrected chi connectivity index (χ1v) is 11.0. The van der Waals surface area contributed by atoms with Crippen molar-refractivity contribution in [1.82, 2.24) is 5.32 Å². The highest BCUT2D eigenvalue weighted by atomic mass is 32.2. The lowest BCUT2D eigenvalue weighted by Gasteiger charge is -2.25. The number of carbonyl (C=O) groups is 1. The number of carbonyl (C=O) groups excluding carboxylic acids is 1. The second kappa shape index (κ2) is 8.35. The molecule has 3 rings (SSSR count). The number of rotatable bonds is 7. The minimum Gasteiger partial charge on any atom is -0.497 e. The van der Waals surface area contributed by atoms with Gasteiger partial charge in [0.25, 0.3) is 10.0 Å². The zero-order valence-corrected chi connectivity index (χ0v) is 18.0. The number of nitrogens with one attached hydrogen (secondary N) is 1. The van der Waals surface area contributed by atoms with Gasteiger partial charge in [-0.15, -0.1) is 4.40 Å². The molecular weight excluding hydrogens is 406 g/mol. The van der Waals surface area contributed by atoms with Crippen LogP contribution in [0.25, 0.3) is 0 Å². The summed E-state index contributed by atoms with van der Waals surface area (Å²) in [5.74, 6) is 0.646. The van der Waals surface area contributed by atoms with Crippen LogP contribution in [-0.4, -0.2) is 33.9 Å². The summed E-state index contributed by atoms with van der Waals surface area (Å²) >= 11 is 0. The highest BCUT2D eigenvalue weighted by Crippen LogP contribution is 2.29. The third kappa shape index (κ3) is 4.91. The molecule has 0 spiro atoms. The maximum absolute atomic E-state index is 12.7. The lowest BCUT2D eigenvalue weighted by Crippen LogP contribution is -2.40. The number of nitrogens with zero attached hydrogens (tertiary/aromatic N) is 1. The van der Waals surface area contributed by atoms with Crippen LogP contribution in [0.3, 0.4) is 0 Å². The first-order chi connectivity index (χ1) is 14.1. The van der Waals surface area contributed by atoms with Gasteiger partial charge in [-0.2, -0.15) is 0 Å². The Balaban J connectivity index is 1.65. The summed E-state index contributed by atoms with van der Waals surface area (Å²) in [6.07, 6.45) is 0. The maximum atomic E-state index is 12.7. The van der Waals surface area contributed by atoms with Crippen molar-refractivity contribution in [2.24, 2.45) is 15.5 Å². The van der Waals surface area contributed by atoms with Gasteiger partial charge >= 0.3 is 0 Å². The van der Waals surface area contributed by atoms with Crippen LogP contribution in [-0.2, 0) is 27.1 Å². The zero-order valence-electron chi connectivity index (χ0n) is 17.1. The summed E-state index contributed by atoms with van der Waals surface area (Å²) in [4.78, 5) is 12.7. The van der Waals surface area contributed by atoms with Gasteiger partial charge in [0.05, 0.1) is 23.8 Å². The smallest absolute Gasteiger partial charge is 0.259 e. The normalized spacial score (nSPS) is 15.0. The summed E-state index contributed by atoms with van der Waals surface area (Å²) in [6, 6.07) is 12.5. The first-order valence-electron chi connectivity index (χ1n) is 9.36. The van der Waals surface area contributed by atoms with E-state index in [-0.39, 0.29) is 24.1 Å². The topological polar surface area (TPSA) is 120 Å². The van der Waals surface area contributed by atoms with Crippen LogP contribution < -0.4 is 20.5 Å². The minimum atomic E-state index is -3.62. The molecule has 0 fully saturated rings. The Morgan fingerprint density at radius 3 is 2.57 bits per heavy atom. The fraction of sp³-hybridized carbons (Fsp3) is 0.333.